The molecule has 0 amide bonds. The third-order valence-electron chi connectivity index (χ3n) is 5.27. The van der Waals surface area contributed by atoms with Crippen LogP contribution in [0.2, 0.25) is 5.28 Å². The molecular weight excluding hydrogens is 451 g/mol. The number of hydrogen-bond donors (Lipinski definition) is 2. The van der Waals surface area contributed by atoms with E-state index in [2.05, 4.69) is 19.6 Å². The number of aromatic nitrogens is 2. The summed E-state index contributed by atoms with van der Waals surface area (Å²) in [7, 11) is 0. The van der Waals surface area contributed by atoms with Crippen molar-refractivity contribution in [3.05, 3.63) is 45.9 Å². The molecule has 2 aromatic rings. The maximum absolute atomic E-state index is 13.1. The van der Waals surface area contributed by atoms with Gasteiger partial charge in [-0.2, -0.15) is 13.2 Å². The predicted molar refractivity (Wildman–Crippen MR) is 116 cm³/mol. The maximum Gasteiger partial charge on any atom is 0.416 e. The van der Waals surface area contributed by atoms with E-state index in [1.807, 2.05) is 11.9 Å². The van der Waals surface area contributed by atoms with Gasteiger partial charge in [0.2, 0.25) is 5.28 Å². The van der Waals surface area contributed by atoms with Crippen LogP contribution >= 0.6 is 23.5 Å². The van der Waals surface area contributed by atoms with Crippen LogP contribution < -0.4 is 11.1 Å². The number of benzene rings is 1. The molecule has 0 aliphatic carbocycles. The van der Waals surface area contributed by atoms with E-state index >= 15 is 0 Å². The van der Waals surface area contributed by atoms with Crippen molar-refractivity contribution in [2.75, 3.05) is 30.8 Å². The quantitative estimate of drug-likeness (QED) is 0.375. The largest absolute Gasteiger partial charge is 0.416 e. The number of rotatable bonds is 5. The lowest BCUT2D eigenvalue weighted by Gasteiger charge is -2.32. The first-order valence-corrected chi connectivity index (χ1v) is 11.2. The molecule has 2 aliphatic heterocycles. The molecule has 1 aromatic heterocycles. The standard InChI is InChI=1S/C20H23ClF3N5OS/c21-19-27-17-1-4-29(31-15-2-5-30-6-3-15)11-16(17)18(28-19)26-10-12-7-13(20(22,23)24)9-14(25)8-12/h7-9,15H,1-6,10-11,25H2,(H,26,27,28). The summed E-state index contributed by atoms with van der Waals surface area (Å²) in [5, 5.41) is 3.79. The fourth-order valence-corrected chi connectivity index (χ4v) is 5.17. The van der Waals surface area contributed by atoms with Crippen LogP contribution in [0.25, 0.3) is 0 Å². The number of anilines is 2. The molecule has 3 heterocycles. The first-order chi connectivity index (χ1) is 14.8. The Hall–Kier alpha value is -1.75. The van der Waals surface area contributed by atoms with Gasteiger partial charge < -0.3 is 15.8 Å². The van der Waals surface area contributed by atoms with Crippen LogP contribution in [0.4, 0.5) is 24.7 Å². The van der Waals surface area contributed by atoms with Gasteiger partial charge in [-0.05, 0) is 48.2 Å². The second kappa shape index (κ2) is 9.40. The van der Waals surface area contributed by atoms with E-state index in [9.17, 15) is 13.2 Å². The van der Waals surface area contributed by atoms with Gasteiger partial charge in [0.1, 0.15) is 5.82 Å². The average molecular weight is 474 g/mol. The third-order valence-corrected chi connectivity index (χ3v) is 6.82. The summed E-state index contributed by atoms with van der Waals surface area (Å²) in [6, 6.07) is 3.54. The van der Waals surface area contributed by atoms with Gasteiger partial charge in [-0.1, -0.05) is 11.9 Å². The van der Waals surface area contributed by atoms with E-state index in [-0.39, 0.29) is 17.5 Å². The molecule has 6 nitrogen and oxygen atoms in total. The second-order valence-electron chi connectivity index (χ2n) is 7.61. The number of nitrogens with two attached hydrogens (primary N) is 1. The van der Waals surface area contributed by atoms with E-state index in [4.69, 9.17) is 22.1 Å². The molecule has 4 rings (SSSR count). The highest BCUT2D eigenvalue weighted by atomic mass is 35.5. The molecule has 0 spiro atoms. The summed E-state index contributed by atoms with van der Waals surface area (Å²) in [6.07, 6.45) is -1.68. The van der Waals surface area contributed by atoms with E-state index in [0.29, 0.717) is 23.2 Å². The number of nitrogens with zero attached hydrogens (tertiary/aromatic N) is 3. The molecule has 11 heteroatoms. The Bertz CT molecular complexity index is 940. The van der Waals surface area contributed by atoms with Crippen LogP contribution in [0.5, 0.6) is 0 Å². The topological polar surface area (TPSA) is 76.3 Å². The van der Waals surface area contributed by atoms with Crippen molar-refractivity contribution in [1.29, 1.82) is 0 Å². The highest BCUT2D eigenvalue weighted by molar-refractivity contribution is 7.97. The highest BCUT2D eigenvalue weighted by Crippen LogP contribution is 2.34. The Balaban J connectivity index is 1.50. The zero-order valence-electron chi connectivity index (χ0n) is 16.7. The van der Waals surface area contributed by atoms with Crippen LogP contribution in [0.1, 0.15) is 35.2 Å². The average Bonchev–Trinajstić information content (AvgIpc) is 2.72. The zero-order valence-corrected chi connectivity index (χ0v) is 18.3. The number of nitrogen functional groups attached to an aromatic ring is 1. The van der Waals surface area contributed by atoms with E-state index < -0.39 is 11.7 Å². The van der Waals surface area contributed by atoms with Crippen LogP contribution in [0, 0.1) is 0 Å². The molecule has 31 heavy (non-hydrogen) atoms. The molecule has 2 aliphatic rings. The van der Waals surface area contributed by atoms with Gasteiger partial charge >= 0.3 is 6.18 Å². The Morgan fingerprint density at radius 3 is 2.74 bits per heavy atom. The van der Waals surface area contributed by atoms with Crippen molar-refractivity contribution in [1.82, 2.24) is 14.3 Å². The first-order valence-electron chi connectivity index (χ1n) is 10.0. The molecule has 0 saturated carbocycles. The SMILES string of the molecule is Nc1cc(CNc2nc(Cl)nc3c2CN(SC2CCOCC2)CC3)cc(C(F)(F)F)c1. The van der Waals surface area contributed by atoms with Crippen LogP contribution in [0.3, 0.4) is 0 Å². The van der Waals surface area contributed by atoms with E-state index in [1.54, 1.807) is 0 Å². The summed E-state index contributed by atoms with van der Waals surface area (Å²) in [5.74, 6) is 0.545. The predicted octanol–water partition coefficient (Wildman–Crippen LogP) is 4.53. The third kappa shape index (κ3) is 5.74. The lowest BCUT2D eigenvalue weighted by atomic mass is 10.1. The molecule has 1 aromatic carbocycles. The van der Waals surface area contributed by atoms with E-state index in [1.165, 1.54) is 6.07 Å². The molecule has 0 atom stereocenters. The van der Waals surface area contributed by atoms with Gasteiger partial charge in [0.25, 0.3) is 0 Å². The molecular formula is C20H23ClF3N5OS. The first kappa shape index (κ1) is 22.4. The molecule has 1 fully saturated rings. The molecule has 1 saturated heterocycles. The van der Waals surface area contributed by atoms with Crippen molar-refractivity contribution >= 4 is 35.1 Å². The second-order valence-corrected chi connectivity index (χ2v) is 9.34. The summed E-state index contributed by atoms with van der Waals surface area (Å²) in [4.78, 5) is 8.67. The smallest absolute Gasteiger partial charge is 0.399 e. The van der Waals surface area contributed by atoms with Crippen molar-refractivity contribution in [2.45, 2.75) is 43.8 Å². The Kier molecular flexibility index (Phi) is 6.80. The zero-order chi connectivity index (χ0) is 22.0. The van der Waals surface area contributed by atoms with Crippen LogP contribution in [-0.4, -0.2) is 39.3 Å². The lowest BCUT2D eigenvalue weighted by Crippen LogP contribution is -2.31. The van der Waals surface area contributed by atoms with Gasteiger partial charge in [-0.15, -0.1) is 0 Å². The molecule has 3 N–H and O–H groups in total. The molecule has 168 valence electrons. The lowest BCUT2D eigenvalue weighted by molar-refractivity contribution is -0.137. The fraction of sp³-hybridized carbons (Fsp3) is 0.500. The minimum Gasteiger partial charge on any atom is -0.399 e. The number of ether oxygens (including phenoxy) is 1. The van der Waals surface area contributed by atoms with Crippen molar-refractivity contribution in [2.24, 2.45) is 0 Å². The normalized spacial score (nSPS) is 18.1. The van der Waals surface area contributed by atoms with Crippen LogP contribution in [0.15, 0.2) is 18.2 Å². The Labute approximate surface area is 187 Å². The number of alkyl halides is 3. The minimum atomic E-state index is -4.45. The maximum atomic E-state index is 13.1. The van der Waals surface area contributed by atoms with Gasteiger partial charge in [0, 0.05) is 55.8 Å². The van der Waals surface area contributed by atoms with Gasteiger partial charge in [-0.25, -0.2) is 14.3 Å². The molecule has 0 unspecified atom stereocenters. The fourth-order valence-electron chi connectivity index (χ4n) is 3.76. The number of halogens is 4. The van der Waals surface area contributed by atoms with Gasteiger partial charge in [0.15, 0.2) is 0 Å². The summed E-state index contributed by atoms with van der Waals surface area (Å²) >= 11 is 7.94. The van der Waals surface area contributed by atoms with Crippen LogP contribution in [-0.2, 0) is 30.4 Å². The summed E-state index contributed by atoms with van der Waals surface area (Å²) < 4.78 is 47.0. The number of hydrogen-bond acceptors (Lipinski definition) is 7. The Morgan fingerprint density at radius 1 is 1.23 bits per heavy atom. The highest BCUT2D eigenvalue weighted by Gasteiger charge is 2.31. The van der Waals surface area contributed by atoms with Crippen molar-refractivity contribution in [3.8, 4) is 0 Å². The number of nitrogens with one attached hydrogen (secondary N) is 1. The van der Waals surface area contributed by atoms with Gasteiger partial charge in [0.05, 0.1) is 11.3 Å². The monoisotopic (exact) mass is 473 g/mol. The van der Waals surface area contributed by atoms with Crippen molar-refractivity contribution in [3.63, 3.8) is 0 Å². The summed E-state index contributed by atoms with van der Waals surface area (Å²) in [5.41, 5.74) is 7.18. The Morgan fingerprint density at radius 2 is 2.00 bits per heavy atom. The van der Waals surface area contributed by atoms with E-state index in [0.717, 1.165) is 62.4 Å². The van der Waals surface area contributed by atoms with Gasteiger partial charge in [-0.3, -0.25) is 0 Å². The van der Waals surface area contributed by atoms with Crippen molar-refractivity contribution < 1.29 is 17.9 Å². The number of fused-ring (bicyclic) bond motifs is 1. The molecule has 0 bridgehead atoms. The molecule has 0 radical (unpaired) electrons. The minimum absolute atomic E-state index is 0.0633. The summed E-state index contributed by atoms with van der Waals surface area (Å²) in [6.45, 7) is 3.20.